The molecule has 24 heavy (non-hydrogen) atoms. The van der Waals surface area contributed by atoms with E-state index in [-0.39, 0.29) is 11.9 Å². The van der Waals surface area contributed by atoms with Crippen LogP contribution in [0.1, 0.15) is 52.1 Å². The monoisotopic (exact) mass is 355 g/mol. The number of hydrogen-bond donors (Lipinski definition) is 3. The summed E-state index contributed by atoms with van der Waals surface area (Å²) in [6, 6.07) is 4.72. The van der Waals surface area contributed by atoms with Crippen molar-refractivity contribution in [3.05, 3.63) is 28.8 Å². The van der Waals surface area contributed by atoms with E-state index in [1.54, 1.807) is 39.0 Å². The molecule has 0 spiro atoms. The summed E-state index contributed by atoms with van der Waals surface area (Å²) in [5, 5.41) is 5.73. The van der Waals surface area contributed by atoms with Gasteiger partial charge in [0.1, 0.15) is 5.60 Å². The quantitative estimate of drug-likeness (QED) is 0.726. The third-order valence-corrected chi connectivity index (χ3v) is 3.37. The Kier molecular flexibility index (Phi) is 7.51. The fraction of sp³-hybridized carbons (Fsp3) is 0.529. The van der Waals surface area contributed by atoms with Gasteiger partial charge in [0.05, 0.1) is 10.7 Å². The summed E-state index contributed by atoms with van der Waals surface area (Å²) >= 11 is 6.19. The Hall–Kier alpha value is -1.79. The van der Waals surface area contributed by atoms with Crippen molar-refractivity contribution in [3.63, 3.8) is 0 Å². The van der Waals surface area contributed by atoms with Crippen LogP contribution in [0.4, 0.5) is 10.5 Å². The van der Waals surface area contributed by atoms with Crippen molar-refractivity contribution in [2.75, 3.05) is 11.9 Å². The van der Waals surface area contributed by atoms with Crippen molar-refractivity contribution in [2.45, 2.75) is 52.2 Å². The van der Waals surface area contributed by atoms with Crippen LogP contribution in [0, 0.1) is 0 Å². The van der Waals surface area contributed by atoms with Crippen LogP contribution in [-0.2, 0) is 9.53 Å². The van der Waals surface area contributed by atoms with Gasteiger partial charge in [0, 0.05) is 19.0 Å². The molecule has 0 aliphatic heterocycles. The lowest BCUT2D eigenvalue weighted by Gasteiger charge is -2.20. The van der Waals surface area contributed by atoms with Gasteiger partial charge in [-0.15, -0.1) is 0 Å². The van der Waals surface area contributed by atoms with Crippen LogP contribution in [0.25, 0.3) is 0 Å². The van der Waals surface area contributed by atoms with Gasteiger partial charge in [0.25, 0.3) is 0 Å². The van der Waals surface area contributed by atoms with Crippen LogP contribution < -0.4 is 16.4 Å². The molecule has 6 nitrogen and oxygen atoms in total. The Bertz CT molecular complexity index is 585. The van der Waals surface area contributed by atoms with Gasteiger partial charge in [0.2, 0.25) is 5.91 Å². The molecule has 1 rings (SSSR count). The average molecular weight is 356 g/mol. The third kappa shape index (κ3) is 7.19. The van der Waals surface area contributed by atoms with Gasteiger partial charge in [-0.05, 0) is 44.9 Å². The molecule has 7 heteroatoms. The Morgan fingerprint density at radius 3 is 2.54 bits per heavy atom. The number of benzene rings is 1. The van der Waals surface area contributed by atoms with E-state index in [0.29, 0.717) is 23.7 Å². The molecule has 0 saturated heterocycles. The van der Waals surface area contributed by atoms with Gasteiger partial charge in [-0.3, -0.25) is 10.1 Å². The molecule has 0 bridgehead atoms. The second kappa shape index (κ2) is 8.89. The molecule has 0 unspecified atom stereocenters. The molecule has 1 aromatic carbocycles. The number of carbonyl (C=O) groups is 2. The highest BCUT2D eigenvalue weighted by atomic mass is 35.5. The highest BCUT2D eigenvalue weighted by Gasteiger charge is 2.17. The first kappa shape index (κ1) is 20.3. The number of halogens is 1. The lowest BCUT2D eigenvalue weighted by Crippen LogP contribution is -2.31. The molecular weight excluding hydrogens is 330 g/mol. The molecule has 0 fully saturated rings. The topological polar surface area (TPSA) is 93.5 Å². The molecular formula is C17H26ClN3O3. The second-order valence-corrected chi connectivity index (χ2v) is 6.93. The maximum absolute atomic E-state index is 11.8. The van der Waals surface area contributed by atoms with Gasteiger partial charge < -0.3 is 15.8 Å². The fourth-order valence-electron chi connectivity index (χ4n) is 1.93. The average Bonchev–Trinajstić information content (AvgIpc) is 2.45. The molecule has 1 aromatic rings. The number of rotatable bonds is 6. The zero-order chi connectivity index (χ0) is 18.3. The minimum absolute atomic E-state index is 0.0257. The molecule has 0 radical (unpaired) electrons. The third-order valence-electron chi connectivity index (χ3n) is 3.05. The number of amides is 2. The van der Waals surface area contributed by atoms with E-state index in [2.05, 4.69) is 10.6 Å². The van der Waals surface area contributed by atoms with E-state index in [0.717, 1.165) is 12.0 Å². The molecule has 1 atom stereocenters. The molecule has 0 aliphatic carbocycles. The summed E-state index contributed by atoms with van der Waals surface area (Å²) in [6.45, 7) is 7.61. The largest absolute Gasteiger partial charge is 0.444 e. The van der Waals surface area contributed by atoms with Gasteiger partial charge in [-0.1, -0.05) is 24.6 Å². The number of carbonyl (C=O) groups excluding carboxylic acids is 2. The normalized spacial score (nSPS) is 12.4. The first-order valence-electron chi connectivity index (χ1n) is 7.94. The lowest BCUT2D eigenvalue weighted by molar-refractivity contribution is -0.121. The molecule has 0 saturated carbocycles. The van der Waals surface area contributed by atoms with E-state index < -0.39 is 11.7 Å². The first-order chi connectivity index (χ1) is 11.1. The van der Waals surface area contributed by atoms with Crippen LogP contribution in [-0.4, -0.2) is 24.1 Å². The highest BCUT2D eigenvalue weighted by molar-refractivity contribution is 6.33. The molecule has 0 heterocycles. The Morgan fingerprint density at radius 2 is 2.00 bits per heavy atom. The molecule has 0 aromatic heterocycles. The first-order valence-corrected chi connectivity index (χ1v) is 8.32. The predicted molar refractivity (Wildman–Crippen MR) is 96.2 cm³/mol. The molecule has 4 N–H and O–H groups in total. The van der Waals surface area contributed by atoms with E-state index in [4.69, 9.17) is 22.1 Å². The number of anilines is 1. The van der Waals surface area contributed by atoms with Crippen LogP contribution in [0.5, 0.6) is 0 Å². The van der Waals surface area contributed by atoms with Crippen molar-refractivity contribution in [1.82, 2.24) is 5.32 Å². The number of ether oxygens (including phenoxy) is 1. The van der Waals surface area contributed by atoms with Crippen molar-refractivity contribution >= 4 is 29.3 Å². The van der Waals surface area contributed by atoms with Gasteiger partial charge in [0.15, 0.2) is 0 Å². The van der Waals surface area contributed by atoms with E-state index in [1.165, 1.54) is 0 Å². The molecule has 2 amide bonds. The minimum Gasteiger partial charge on any atom is -0.444 e. The summed E-state index contributed by atoms with van der Waals surface area (Å²) < 4.78 is 5.18. The summed E-state index contributed by atoms with van der Waals surface area (Å²) in [5.41, 5.74) is 6.68. The summed E-state index contributed by atoms with van der Waals surface area (Å²) in [7, 11) is 0. The smallest absolute Gasteiger partial charge is 0.412 e. The Balaban J connectivity index is 2.66. The van der Waals surface area contributed by atoms with Crippen LogP contribution in [0.2, 0.25) is 5.02 Å². The fourth-order valence-corrected chi connectivity index (χ4v) is 2.17. The van der Waals surface area contributed by atoms with Crippen LogP contribution >= 0.6 is 11.6 Å². The predicted octanol–water partition coefficient (Wildman–Crippen LogP) is 3.60. The van der Waals surface area contributed by atoms with Crippen LogP contribution in [0.3, 0.4) is 0 Å². The number of nitrogens with one attached hydrogen (secondary N) is 2. The van der Waals surface area contributed by atoms with Crippen molar-refractivity contribution < 1.29 is 14.3 Å². The van der Waals surface area contributed by atoms with Crippen molar-refractivity contribution in [1.29, 1.82) is 0 Å². The van der Waals surface area contributed by atoms with E-state index in [1.807, 2.05) is 6.92 Å². The summed E-state index contributed by atoms with van der Waals surface area (Å²) in [5.74, 6) is -0.0257. The number of nitrogens with two attached hydrogens (primary N) is 1. The lowest BCUT2D eigenvalue weighted by atomic mass is 10.1. The summed E-state index contributed by atoms with van der Waals surface area (Å²) in [4.78, 5) is 23.3. The Morgan fingerprint density at radius 1 is 1.33 bits per heavy atom. The molecule has 0 aliphatic rings. The zero-order valence-electron chi connectivity index (χ0n) is 14.6. The SMILES string of the molecule is CCCC(=O)NC[C@@H](N)c1ccc(NC(=O)OC(C)(C)C)c(Cl)c1. The van der Waals surface area contributed by atoms with E-state index >= 15 is 0 Å². The maximum atomic E-state index is 11.8. The summed E-state index contributed by atoms with van der Waals surface area (Å²) in [6.07, 6.45) is 0.692. The van der Waals surface area contributed by atoms with Gasteiger partial charge in [-0.25, -0.2) is 4.79 Å². The van der Waals surface area contributed by atoms with E-state index in [9.17, 15) is 9.59 Å². The zero-order valence-corrected chi connectivity index (χ0v) is 15.4. The van der Waals surface area contributed by atoms with Gasteiger partial charge in [-0.2, -0.15) is 0 Å². The van der Waals surface area contributed by atoms with Gasteiger partial charge >= 0.3 is 6.09 Å². The molecule has 134 valence electrons. The Labute approximate surface area is 148 Å². The second-order valence-electron chi connectivity index (χ2n) is 6.53. The minimum atomic E-state index is -0.588. The van der Waals surface area contributed by atoms with Crippen molar-refractivity contribution in [2.24, 2.45) is 5.73 Å². The number of hydrogen-bond acceptors (Lipinski definition) is 4. The van der Waals surface area contributed by atoms with Crippen LogP contribution in [0.15, 0.2) is 18.2 Å². The van der Waals surface area contributed by atoms with Crippen molar-refractivity contribution in [3.8, 4) is 0 Å². The highest BCUT2D eigenvalue weighted by Crippen LogP contribution is 2.26. The maximum Gasteiger partial charge on any atom is 0.412 e. The standard InChI is InChI=1S/C17H26ClN3O3/c1-5-6-15(22)20-10-13(19)11-7-8-14(12(18)9-11)21-16(23)24-17(2,3)4/h7-9,13H,5-6,10,19H2,1-4H3,(H,20,22)(H,21,23)/t13-/m1/s1.